The predicted octanol–water partition coefficient (Wildman–Crippen LogP) is 4.10. The first-order valence-electron chi connectivity index (χ1n) is 13.5. The maximum absolute atomic E-state index is 12.8. The van der Waals surface area contributed by atoms with Crippen molar-refractivity contribution in [1.29, 1.82) is 10.7 Å². The molecular weight excluding hydrogens is 528 g/mol. The van der Waals surface area contributed by atoms with Crippen LogP contribution in [-0.2, 0) is 17.8 Å². The zero-order valence-corrected chi connectivity index (χ0v) is 22.7. The molecule has 0 bridgehead atoms. The average Bonchev–Trinajstić information content (AvgIpc) is 3.80. The quantitative estimate of drug-likeness (QED) is 0.352. The van der Waals surface area contributed by atoms with E-state index in [4.69, 9.17) is 26.7 Å². The maximum atomic E-state index is 12.8. The summed E-state index contributed by atoms with van der Waals surface area (Å²) < 4.78 is 5.86. The number of hydrogen-bond acceptors (Lipinski definition) is 9. The van der Waals surface area contributed by atoms with Gasteiger partial charge in [0.2, 0.25) is 0 Å². The SMILES string of the molecule is N#Cc1c(CC2CC2)nc(NC2CCNCC2)c(C=N)c1-c1ccc2c(c1)OCC(=O)N2Cc1ncc(Cl)cn1. The van der Waals surface area contributed by atoms with E-state index in [1.54, 1.807) is 4.90 Å². The molecule has 0 spiro atoms. The van der Waals surface area contributed by atoms with Crippen LogP contribution in [0.1, 0.15) is 48.3 Å². The number of anilines is 2. The van der Waals surface area contributed by atoms with Gasteiger partial charge in [-0.15, -0.1) is 0 Å². The molecule has 3 aliphatic rings. The third-order valence-electron chi connectivity index (χ3n) is 7.59. The molecule has 3 aromatic rings. The number of nitrogens with one attached hydrogen (secondary N) is 3. The van der Waals surface area contributed by atoms with Gasteiger partial charge in [-0.3, -0.25) is 9.69 Å². The lowest BCUT2D eigenvalue weighted by Gasteiger charge is -2.29. The summed E-state index contributed by atoms with van der Waals surface area (Å²) in [6.07, 6.45) is 9.21. The standard InChI is InChI=1S/C29H29ClN8O2/c30-19-13-34-26(35-14-19)15-38-24-4-3-18(10-25(24)40-16-27(38)39)28-21(11-31)23(9-17-1-2-17)37-29(22(28)12-32)36-20-5-7-33-8-6-20/h3-4,10,12-14,17,20,32-33H,1-2,5-9,15-16H2,(H,36,37). The predicted molar refractivity (Wildman–Crippen MR) is 152 cm³/mol. The molecule has 1 amide bonds. The lowest BCUT2D eigenvalue weighted by atomic mass is 9.92. The Balaban J connectivity index is 1.42. The maximum Gasteiger partial charge on any atom is 0.265 e. The van der Waals surface area contributed by atoms with Gasteiger partial charge in [-0.1, -0.05) is 17.7 Å². The molecule has 3 N–H and O–H groups in total. The van der Waals surface area contributed by atoms with Gasteiger partial charge in [-0.05, 0) is 68.8 Å². The van der Waals surface area contributed by atoms with Crippen molar-refractivity contribution in [1.82, 2.24) is 20.3 Å². The Labute approximate surface area is 237 Å². The minimum atomic E-state index is -0.208. The fourth-order valence-electron chi connectivity index (χ4n) is 5.32. The number of nitrogens with zero attached hydrogens (tertiary/aromatic N) is 5. The van der Waals surface area contributed by atoms with Crippen LogP contribution in [0, 0.1) is 22.7 Å². The van der Waals surface area contributed by atoms with Gasteiger partial charge in [0.15, 0.2) is 6.61 Å². The second kappa shape index (κ2) is 11.2. The molecule has 0 unspecified atom stereocenters. The first kappa shape index (κ1) is 26.2. The summed E-state index contributed by atoms with van der Waals surface area (Å²) in [5, 5.41) is 26.0. The molecule has 1 aromatic carbocycles. The van der Waals surface area contributed by atoms with Gasteiger partial charge in [0, 0.05) is 35.8 Å². The van der Waals surface area contributed by atoms with Gasteiger partial charge in [0.1, 0.15) is 23.5 Å². The molecule has 0 atom stereocenters. The van der Waals surface area contributed by atoms with Crippen molar-refractivity contribution in [3.8, 4) is 22.9 Å². The second-order valence-corrected chi connectivity index (χ2v) is 10.8. The van der Waals surface area contributed by atoms with E-state index in [0.717, 1.165) is 56.5 Å². The lowest BCUT2D eigenvalue weighted by molar-refractivity contribution is -0.121. The van der Waals surface area contributed by atoms with Crippen molar-refractivity contribution in [2.45, 2.75) is 44.7 Å². The lowest BCUT2D eigenvalue weighted by Crippen LogP contribution is -2.38. The van der Waals surface area contributed by atoms with Crippen LogP contribution in [0.15, 0.2) is 30.6 Å². The highest BCUT2D eigenvalue weighted by Gasteiger charge is 2.30. The number of halogens is 1. The molecule has 4 heterocycles. The molecular formula is C29H29ClN8O2. The number of nitriles is 1. The minimum Gasteiger partial charge on any atom is -0.482 e. The molecule has 10 nitrogen and oxygen atoms in total. The van der Waals surface area contributed by atoms with Gasteiger partial charge in [-0.2, -0.15) is 5.26 Å². The number of rotatable bonds is 8. The molecule has 2 aliphatic heterocycles. The van der Waals surface area contributed by atoms with Gasteiger partial charge in [0.25, 0.3) is 5.91 Å². The van der Waals surface area contributed by atoms with E-state index in [0.29, 0.717) is 50.7 Å². The summed E-state index contributed by atoms with van der Waals surface area (Å²) >= 11 is 5.92. The van der Waals surface area contributed by atoms with Gasteiger partial charge in [-0.25, -0.2) is 15.0 Å². The number of amides is 1. The average molecular weight is 557 g/mol. The van der Waals surface area contributed by atoms with Crippen LogP contribution >= 0.6 is 11.6 Å². The monoisotopic (exact) mass is 556 g/mol. The van der Waals surface area contributed by atoms with Crippen molar-refractivity contribution in [3.05, 3.63) is 58.3 Å². The number of fused-ring (bicyclic) bond motifs is 1. The number of ether oxygens (including phenoxy) is 1. The molecule has 2 fully saturated rings. The largest absolute Gasteiger partial charge is 0.482 e. The van der Waals surface area contributed by atoms with Gasteiger partial charge < -0.3 is 20.8 Å². The van der Waals surface area contributed by atoms with Crippen LogP contribution in [0.5, 0.6) is 5.75 Å². The third kappa shape index (κ3) is 5.35. The van der Waals surface area contributed by atoms with E-state index >= 15 is 0 Å². The van der Waals surface area contributed by atoms with E-state index in [-0.39, 0.29) is 25.1 Å². The first-order chi connectivity index (χ1) is 19.5. The van der Waals surface area contributed by atoms with Crippen LogP contribution in [0.2, 0.25) is 5.02 Å². The van der Waals surface area contributed by atoms with Crippen LogP contribution in [-0.4, -0.2) is 52.8 Å². The van der Waals surface area contributed by atoms with Crippen molar-refractivity contribution >= 4 is 35.2 Å². The van der Waals surface area contributed by atoms with E-state index < -0.39 is 0 Å². The Bertz CT molecular complexity index is 1490. The Morgan fingerprint density at radius 1 is 1.23 bits per heavy atom. The second-order valence-electron chi connectivity index (χ2n) is 10.4. The summed E-state index contributed by atoms with van der Waals surface area (Å²) in [5.74, 6) is 1.94. The number of pyridine rings is 1. The van der Waals surface area contributed by atoms with E-state index in [1.165, 1.54) is 18.6 Å². The molecule has 1 saturated carbocycles. The fourth-order valence-corrected chi connectivity index (χ4v) is 5.42. The molecule has 0 radical (unpaired) electrons. The number of aromatic nitrogens is 3. The zero-order chi connectivity index (χ0) is 27.6. The van der Waals surface area contributed by atoms with Crippen LogP contribution < -0.4 is 20.3 Å². The topological polar surface area (TPSA) is 140 Å². The summed E-state index contributed by atoms with van der Waals surface area (Å²) in [4.78, 5) is 27.8. The highest BCUT2D eigenvalue weighted by atomic mass is 35.5. The number of benzene rings is 1. The van der Waals surface area contributed by atoms with Crippen LogP contribution in [0.4, 0.5) is 11.5 Å². The van der Waals surface area contributed by atoms with E-state index in [1.807, 2.05) is 18.2 Å². The van der Waals surface area contributed by atoms with Crippen LogP contribution in [0.25, 0.3) is 11.1 Å². The van der Waals surface area contributed by atoms with Gasteiger partial charge in [0.05, 0.1) is 28.5 Å². The summed E-state index contributed by atoms with van der Waals surface area (Å²) in [6.45, 7) is 1.90. The molecule has 1 saturated heterocycles. The number of carbonyl (C=O) groups excluding carboxylic acids is 1. The Kier molecular flexibility index (Phi) is 7.32. The minimum absolute atomic E-state index is 0.127. The Morgan fingerprint density at radius 2 is 2.00 bits per heavy atom. The third-order valence-corrected chi connectivity index (χ3v) is 7.78. The van der Waals surface area contributed by atoms with Crippen LogP contribution in [0.3, 0.4) is 0 Å². The normalized spacial score (nSPS) is 17.1. The Hall–Kier alpha value is -4.07. The first-order valence-corrected chi connectivity index (χ1v) is 13.9. The fraction of sp³-hybridized carbons (Fsp3) is 0.379. The summed E-state index contributed by atoms with van der Waals surface area (Å²) in [5.41, 5.74) is 3.81. The van der Waals surface area contributed by atoms with Crippen molar-refractivity contribution < 1.29 is 9.53 Å². The van der Waals surface area contributed by atoms with E-state index in [2.05, 4.69) is 26.7 Å². The van der Waals surface area contributed by atoms with Crippen molar-refractivity contribution in [2.24, 2.45) is 5.92 Å². The number of hydrogen-bond donors (Lipinski definition) is 3. The van der Waals surface area contributed by atoms with Crippen molar-refractivity contribution in [2.75, 3.05) is 29.9 Å². The molecule has 2 aromatic heterocycles. The Morgan fingerprint density at radius 3 is 2.70 bits per heavy atom. The molecule has 6 rings (SSSR count). The highest BCUT2D eigenvalue weighted by Crippen LogP contribution is 2.41. The molecule has 204 valence electrons. The van der Waals surface area contributed by atoms with Gasteiger partial charge >= 0.3 is 0 Å². The zero-order valence-electron chi connectivity index (χ0n) is 21.9. The highest BCUT2D eigenvalue weighted by molar-refractivity contribution is 6.30. The van der Waals surface area contributed by atoms with Crippen molar-refractivity contribution in [3.63, 3.8) is 0 Å². The summed E-state index contributed by atoms with van der Waals surface area (Å²) in [6, 6.07) is 8.16. The molecule has 11 heteroatoms. The summed E-state index contributed by atoms with van der Waals surface area (Å²) in [7, 11) is 0. The number of piperidine rings is 1. The molecule has 1 aliphatic carbocycles. The number of carbonyl (C=O) groups is 1. The van der Waals surface area contributed by atoms with E-state index in [9.17, 15) is 10.1 Å². The smallest absolute Gasteiger partial charge is 0.265 e. The molecule has 40 heavy (non-hydrogen) atoms.